The number of carbonyl (C=O) groups is 1. The van der Waals surface area contributed by atoms with Crippen molar-refractivity contribution < 1.29 is 4.79 Å². The van der Waals surface area contributed by atoms with Gasteiger partial charge in [0.05, 0.1) is 12.2 Å². The van der Waals surface area contributed by atoms with Crippen molar-refractivity contribution in [1.82, 2.24) is 15.1 Å². The maximum atomic E-state index is 12.5. The number of H-pyrrole nitrogens is 1. The molecule has 0 fully saturated rings. The number of nitrogens with one attached hydrogen (secondary N) is 1. The third kappa shape index (κ3) is 2.44. The summed E-state index contributed by atoms with van der Waals surface area (Å²) in [5.74, 6) is 0.589. The van der Waals surface area contributed by atoms with Gasteiger partial charge in [-0.1, -0.05) is 0 Å². The van der Waals surface area contributed by atoms with Gasteiger partial charge >= 0.3 is 0 Å². The largest absolute Gasteiger partial charge is 0.382 e. The Morgan fingerprint density at radius 1 is 1.33 bits per heavy atom. The molecule has 1 aliphatic heterocycles. The van der Waals surface area contributed by atoms with Crippen LogP contribution in [0.3, 0.4) is 0 Å². The highest BCUT2D eigenvalue weighted by Crippen LogP contribution is 2.23. The number of benzene rings is 1. The van der Waals surface area contributed by atoms with Gasteiger partial charge in [0.1, 0.15) is 5.82 Å². The molecular formula is C15H19N5O. The molecule has 6 nitrogen and oxygen atoms in total. The Morgan fingerprint density at radius 3 is 2.71 bits per heavy atom. The molecule has 0 saturated heterocycles. The van der Waals surface area contributed by atoms with Crippen LogP contribution >= 0.6 is 0 Å². The van der Waals surface area contributed by atoms with E-state index in [0.717, 1.165) is 23.4 Å². The summed E-state index contributed by atoms with van der Waals surface area (Å²) in [4.78, 5) is 16.4. The molecule has 0 saturated carbocycles. The number of nitrogens with two attached hydrogens (primary N) is 1. The highest BCUT2D eigenvalue weighted by atomic mass is 16.2. The van der Waals surface area contributed by atoms with Crippen LogP contribution in [0.5, 0.6) is 0 Å². The van der Waals surface area contributed by atoms with Gasteiger partial charge in [-0.15, -0.1) is 0 Å². The van der Waals surface area contributed by atoms with E-state index in [2.05, 4.69) is 10.2 Å². The van der Waals surface area contributed by atoms with Gasteiger partial charge in [-0.25, -0.2) is 0 Å². The second-order valence-electron chi connectivity index (χ2n) is 5.48. The number of nitrogen functional groups attached to an aromatic ring is 1. The number of hydrogen-bond acceptors (Lipinski definition) is 4. The fraction of sp³-hybridized carbons (Fsp3) is 0.333. The molecule has 2 heterocycles. The SMILES string of the molecule is CN(C)c1ccc(C(=O)N2CCc3c(N)n[nH]c3C2)cc1. The van der Waals surface area contributed by atoms with Gasteiger partial charge in [-0.2, -0.15) is 5.10 Å². The molecular weight excluding hydrogens is 266 g/mol. The average Bonchev–Trinajstić information content (AvgIpc) is 2.87. The van der Waals surface area contributed by atoms with Crippen molar-refractivity contribution in [3.8, 4) is 0 Å². The van der Waals surface area contributed by atoms with E-state index in [4.69, 9.17) is 5.73 Å². The predicted octanol–water partition coefficient (Wildman–Crippen LogP) is 1.26. The Morgan fingerprint density at radius 2 is 2.05 bits per heavy atom. The molecule has 0 spiro atoms. The monoisotopic (exact) mass is 285 g/mol. The van der Waals surface area contributed by atoms with E-state index in [1.54, 1.807) is 0 Å². The molecule has 3 N–H and O–H groups in total. The summed E-state index contributed by atoms with van der Waals surface area (Å²) in [5, 5.41) is 6.92. The standard InChI is InChI=1S/C15H19N5O/c1-19(2)11-5-3-10(4-6-11)15(21)20-8-7-12-13(9-20)17-18-14(12)16/h3-6H,7-9H2,1-2H3,(H3,16,17,18). The lowest BCUT2D eigenvalue weighted by Gasteiger charge is -2.27. The van der Waals surface area contributed by atoms with Crippen LogP contribution in [0.1, 0.15) is 21.6 Å². The number of rotatable bonds is 2. The fourth-order valence-electron chi connectivity index (χ4n) is 2.60. The zero-order valence-electron chi connectivity index (χ0n) is 12.3. The normalized spacial score (nSPS) is 13.9. The quantitative estimate of drug-likeness (QED) is 0.870. The van der Waals surface area contributed by atoms with Gasteiger partial charge in [-0.05, 0) is 30.7 Å². The number of hydrogen-bond donors (Lipinski definition) is 2. The van der Waals surface area contributed by atoms with Crippen LogP contribution in [-0.4, -0.2) is 41.6 Å². The second-order valence-corrected chi connectivity index (χ2v) is 5.48. The minimum absolute atomic E-state index is 0.0409. The summed E-state index contributed by atoms with van der Waals surface area (Å²) in [6, 6.07) is 7.65. The molecule has 0 bridgehead atoms. The molecule has 0 atom stereocenters. The first kappa shape index (κ1) is 13.5. The van der Waals surface area contributed by atoms with Crippen LogP contribution in [0.15, 0.2) is 24.3 Å². The van der Waals surface area contributed by atoms with Crippen LogP contribution in [0.2, 0.25) is 0 Å². The van der Waals surface area contributed by atoms with Gasteiger partial charge in [0.2, 0.25) is 0 Å². The lowest BCUT2D eigenvalue weighted by molar-refractivity contribution is 0.0732. The number of anilines is 2. The van der Waals surface area contributed by atoms with Crippen molar-refractivity contribution in [1.29, 1.82) is 0 Å². The maximum Gasteiger partial charge on any atom is 0.254 e. The number of aromatic amines is 1. The maximum absolute atomic E-state index is 12.5. The van der Waals surface area contributed by atoms with E-state index in [1.165, 1.54) is 0 Å². The molecule has 1 aliphatic rings. The van der Waals surface area contributed by atoms with Crippen LogP contribution in [0, 0.1) is 0 Å². The number of fused-ring (bicyclic) bond motifs is 1. The van der Waals surface area contributed by atoms with Gasteiger partial charge in [0, 0.05) is 37.5 Å². The molecule has 1 aromatic carbocycles. The average molecular weight is 285 g/mol. The summed E-state index contributed by atoms with van der Waals surface area (Å²) in [6.45, 7) is 1.21. The van der Waals surface area contributed by atoms with Gasteiger partial charge in [-0.3, -0.25) is 9.89 Å². The molecule has 0 aliphatic carbocycles. The van der Waals surface area contributed by atoms with E-state index in [1.807, 2.05) is 48.2 Å². The summed E-state index contributed by atoms with van der Waals surface area (Å²) >= 11 is 0. The first-order chi connectivity index (χ1) is 10.1. The topological polar surface area (TPSA) is 78.2 Å². The summed E-state index contributed by atoms with van der Waals surface area (Å²) in [6.07, 6.45) is 0.749. The van der Waals surface area contributed by atoms with Crippen molar-refractivity contribution in [2.24, 2.45) is 0 Å². The van der Waals surface area contributed by atoms with E-state index < -0.39 is 0 Å². The molecule has 1 amide bonds. The minimum atomic E-state index is 0.0409. The van der Waals surface area contributed by atoms with E-state index in [9.17, 15) is 4.79 Å². The third-order valence-corrected chi connectivity index (χ3v) is 3.88. The molecule has 1 aromatic heterocycles. The van der Waals surface area contributed by atoms with Crippen molar-refractivity contribution >= 4 is 17.4 Å². The highest BCUT2D eigenvalue weighted by Gasteiger charge is 2.24. The second kappa shape index (κ2) is 5.12. The molecule has 21 heavy (non-hydrogen) atoms. The Bertz CT molecular complexity index is 659. The summed E-state index contributed by atoms with van der Waals surface area (Å²) < 4.78 is 0. The van der Waals surface area contributed by atoms with Crippen LogP contribution in [0.25, 0.3) is 0 Å². The highest BCUT2D eigenvalue weighted by molar-refractivity contribution is 5.94. The van der Waals surface area contributed by atoms with Crippen molar-refractivity contribution in [3.63, 3.8) is 0 Å². The first-order valence-corrected chi connectivity index (χ1v) is 6.94. The van der Waals surface area contributed by atoms with Gasteiger partial charge < -0.3 is 15.5 Å². The number of nitrogens with zero attached hydrogens (tertiary/aromatic N) is 3. The molecule has 2 aromatic rings. The van der Waals surface area contributed by atoms with Gasteiger partial charge in [0.15, 0.2) is 0 Å². The number of aromatic nitrogens is 2. The Hall–Kier alpha value is -2.50. The van der Waals surface area contributed by atoms with E-state index in [-0.39, 0.29) is 5.91 Å². The smallest absolute Gasteiger partial charge is 0.254 e. The van der Waals surface area contributed by atoms with Crippen LogP contribution in [-0.2, 0) is 13.0 Å². The fourth-order valence-corrected chi connectivity index (χ4v) is 2.60. The number of carbonyl (C=O) groups excluding carboxylic acids is 1. The lowest BCUT2D eigenvalue weighted by Crippen LogP contribution is -2.36. The van der Waals surface area contributed by atoms with Gasteiger partial charge in [0.25, 0.3) is 5.91 Å². The van der Waals surface area contributed by atoms with Crippen molar-refractivity contribution in [3.05, 3.63) is 41.1 Å². The Labute approximate surface area is 123 Å². The summed E-state index contributed by atoms with van der Waals surface area (Å²) in [7, 11) is 3.96. The molecule has 6 heteroatoms. The lowest BCUT2D eigenvalue weighted by atomic mass is 10.1. The molecule has 0 radical (unpaired) electrons. The predicted molar refractivity (Wildman–Crippen MR) is 82.2 cm³/mol. The van der Waals surface area contributed by atoms with Crippen LogP contribution < -0.4 is 10.6 Å². The van der Waals surface area contributed by atoms with Crippen molar-refractivity contribution in [2.75, 3.05) is 31.3 Å². The molecule has 0 unspecified atom stereocenters. The Balaban J connectivity index is 1.77. The Kier molecular flexibility index (Phi) is 3.29. The molecule has 3 rings (SSSR count). The van der Waals surface area contributed by atoms with E-state index in [0.29, 0.717) is 24.5 Å². The molecule has 110 valence electrons. The zero-order chi connectivity index (χ0) is 15.0. The summed E-state index contributed by atoms with van der Waals surface area (Å²) in [5.41, 5.74) is 9.56. The van der Waals surface area contributed by atoms with Crippen LogP contribution in [0.4, 0.5) is 11.5 Å². The number of amides is 1. The third-order valence-electron chi connectivity index (χ3n) is 3.88. The first-order valence-electron chi connectivity index (χ1n) is 6.94. The zero-order valence-corrected chi connectivity index (χ0v) is 12.3. The van der Waals surface area contributed by atoms with Crippen molar-refractivity contribution in [2.45, 2.75) is 13.0 Å². The van der Waals surface area contributed by atoms with E-state index >= 15 is 0 Å². The minimum Gasteiger partial charge on any atom is -0.382 e.